The van der Waals surface area contributed by atoms with Gasteiger partial charge in [0.25, 0.3) is 0 Å². The number of nitrogens with one attached hydrogen (secondary N) is 2. The second-order valence-electron chi connectivity index (χ2n) is 10.3. The van der Waals surface area contributed by atoms with E-state index in [2.05, 4.69) is 34.9 Å². The largest absolute Gasteiger partial charge is 0.399 e. The van der Waals surface area contributed by atoms with Crippen molar-refractivity contribution in [2.45, 2.75) is 57.0 Å². The summed E-state index contributed by atoms with van der Waals surface area (Å²) >= 11 is 0. The molecule has 0 unspecified atom stereocenters. The van der Waals surface area contributed by atoms with Gasteiger partial charge in [-0.05, 0) is 72.3 Å². The second kappa shape index (κ2) is 14.4. The minimum atomic E-state index is -3.83. The number of anilines is 1. The van der Waals surface area contributed by atoms with E-state index in [0.29, 0.717) is 38.0 Å². The van der Waals surface area contributed by atoms with Gasteiger partial charge >= 0.3 is 0 Å². The van der Waals surface area contributed by atoms with Crippen LogP contribution in [0.15, 0.2) is 71.6 Å². The molecule has 0 aliphatic heterocycles. The average molecular weight is 555 g/mol. The van der Waals surface area contributed by atoms with Gasteiger partial charge in [0.1, 0.15) is 0 Å². The maximum absolute atomic E-state index is 13.4. The number of likely N-dealkylation sites (N-methyl/N-ethyl adjacent to an activating group) is 1. The topological polar surface area (TPSA) is 125 Å². The van der Waals surface area contributed by atoms with Gasteiger partial charge in [0, 0.05) is 24.8 Å². The van der Waals surface area contributed by atoms with E-state index < -0.39 is 22.1 Å². The van der Waals surface area contributed by atoms with Crippen molar-refractivity contribution in [3.63, 3.8) is 0 Å². The van der Waals surface area contributed by atoms with Crippen molar-refractivity contribution in [3.8, 4) is 0 Å². The third-order valence-electron chi connectivity index (χ3n) is 6.73. The first-order valence-electron chi connectivity index (χ1n) is 13.6. The third kappa shape index (κ3) is 8.25. The number of aliphatic hydroxyl groups is 1. The molecule has 8 nitrogen and oxygen atoms in total. The number of hydrogen-bond donors (Lipinski definition) is 4. The minimum Gasteiger partial charge on any atom is -0.399 e. The highest BCUT2D eigenvalue weighted by atomic mass is 32.2. The lowest BCUT2D eigenvalue weighted by Gasteiger charge is -2.31. The fourth-order valence-corrected chi connectivity index (χ4v) is 6.58. The van der Waals surface area contributed by atoms with Gasteiger partial charge in [-0.15, -0.1) is 0 Å². The number of nitrogens with two attached hydrogens (primary N) is 1. The molecule has 3 rings (SSSR count). The molecule has 0 heterocycles. The number of aliphatic hydroxyl groups excluding tert-OH is 1. The first-order valence-corrected chi connectivity index (χ1v) is 15.1. The number of hydrogen-bond acceptors (Lipinski definition) is 6. The Labute approximate surface area is 232 Å². The molecule has 0 bridgehead atoms. The van der Waals surface area contributed by atoms with Crippen LogP contribution in [0.5, 0.6) is 0 Å². The Morgan fingerprint density at radius 3 is 2.38 bits per heavy atom. The first kappa shape index (κ1) is 30.6. The summed E-state index contributed by atoms with van der Waals surface area (Å²) in [6.45, 7) is 6.86. The van der Waals surface area contributed by atoms with Crippen LogP contribution in [0.3, 0.4) is 0 Å². The number of nitrogen functional groups attached to an aromatic ring is 1. The quantitative estimate of drug-likeness (QED) is 0.168. The highest BCUT2D eigenvalue weighted by Gasteiger charge is 2.31. The lowest BCUT2D eigenvalue weighted by molar-refractivity contribution is -0.123. The fourth-order valence-electron chi connectivity index (χ4n) is 4.77. The fraction of sp³-hybridized carbons (Fsp3) is 0.433. The summed E-state index contributed by atoms with van der Waals surface area (Å²) in [5.74, 6) is -0.0314. The Bertz CT molecular complexity index is 1310. The highest BCUT2D eigenvalue weighted by molar-refractivity contribution is 7.89. The standard InChI is InChI=1S/C30H42N4O4S/c1-4-32-29(19-24-11-7-10-23-9-5-6-13-28(23)24)30(36)33-18-8-12-26(21-35)34(20-22(2)3)39(37,38)27-16-14-25(31)15-17-27/h5-7,9-11,13-17,22,26,29,32,35H,4,8,12,18-21,31H2,1-3H3,(H,33,36)/t26-,29-/m0/s1. The van der Waals surface area contributed by atoms with Gasteiger partial charge in [-0.3, -0.25) is 4.79 Å². The van der Waals surface area contributed by atoms with E-state index in [1.165, 1.54) is 16.4 Å². The van der Waals surface area contributed by atoms with Crippen molar-refractivity contribution in [2.24, 2.45) is 5.92 Å². The Balaban J connectivity index is 1.63. The predicted octanol–water partition coefficient (Wildman–Crippen LogP) is 3.55. The summed E-state index contributed by atoms with van der Waals surface area (Å²) < 4.78 is 28.3. The summed E-state index contributed by atoms with van der Waals surface area (Å²) in [5.41, 5.74) is 7.32. The molecule has 0 radical (unpaired) electrons. The molecule has 0 aliphatic rings. The summed E-state index contributed by atoms with van der Waals surface area (Å²) in [6.07, 6.45) is 1.49. The molecule has 39 heavy (non-hydrogen) atoms. The SMILES string of the molecule is CCN[C@@H](Cc1cccc2ccccc12)C(=O)NCCC[C@@H](CO)N(CC(C)C)S(=O)(=O)c1ccc(N)cc1. The summed E-state index contributed by atoms with van der Waals surface area (Å²) in [5, 5.41) is 18.7. The summed E-state index contributed by atoms with van der Waals surface area (Å²) in [6, 6.07) is 19.4. The highest BCUT2D eigenvalue weighted by Crippen LogP contribution is 2.23. The van der Waals surface area contributed by atoms with E-state index >= 15 is 0 Å². The monoisotopic (exact) mass is 554 g/mol. The van der Waals surface area contributed by atoms with E-state index in [0.717, 1.165) is 16.3 Å². The molecule has 3 aromatic carbocycles. The van der Waals surface area contributed by atoms with Gasteiger partial charge in [0.05, 0.1) is 17.5 Å². The Hall–Kier alpha value is -2.98. The number of fused-ring (bicyclic) bond motifs is 1. The predicted molar refractivity (Wildman–Crippen MR) is 158 cm³/mol. The molecule has 0 saturated heterocycles. The molecule has 0 aliphatic carbocycles. The molecule has 0 saturated carbocycles. The number of amides is 1. The number of carbonyl (C=O) groups is 1. The van der Waals surface area contributed by atoms with Crippen LogP contribution in [-0.4, -0.2) is 62.1 Å². The normalized spacial score (nSPS) is 13.6. The van der Waals surface area contributed by atoms with Gasteiger partial charge in [0.15, 0.2) is 0 Å². The molecule has 2 atom stereocenters. The van der Waals surface area contributed by atoms with Crippen LogP contribution in [0.1, 0.15) is 39.2 Å². The number of benzene rings is 3. The molecular formula is C30H42N4O4S. The zero-order chi connectivity index (χ0) is 28.4. The first-order chi connectivity index (χ1) is 18.7. The number of rotatable bonds is 15. The maximum atomic E-state index is 13.4. The van der Waals surface area contributed by atoms with Gasteiger partial charge in [-0.1, -0.05) is 63.2 Å². The maximum Gasteiger partial charge on any atom is 0.243 e. The van der Waals surface area contributed by atoms with E-state index in [4.69, 9.17) is 5.73 Å². The van der Waals surface area contributed by atoms with Crippen LogP contribution < -0.4 is 16.4 Å². The van der Waals surface area contributed by atoms with Crippen LogP contribution in [0.2, 0.25) is 0 Å². The lowest BCUT2D eigenvalue weighted by Crippen LogP contribution is -2.46. The van der Waals surface area contributed by atoms with E-state index in [1.54, 1.807) is 12.1 Å². The molecule has 9 heteroatoms. The molecule has 212 valence electrons. The lowest BCUT2D eigenvalue weighted by atomic mass is 9.98. The summed E-state index contributed by atoms with van der Waals surface area (Å²) in [4.78, 5) is 13.2. The molecule has 3 aromatic rings. The molecular weight excluding hydrogens is 512 g/mol. The smallest absolute Gasteiger partial charge is 0.243 e. The minimum absolute atomic E-state index is 0.0669. The number of carbonyl (C=O) groups excluding carboxylic acids is 1. The van der Waals surface area contributed by atoms with E-state index in [9.17, 15) is 18.3 Å². The van der Waals surface area contributed by atoms with Crippen LogP contribution in [0.25, 0.3) is 10.8 Å². The van der Waals surface area contributed by atoms with E-state index in [-0.39, 0.29) is 29.9 Å². The Kier molecular flexibility index (Phi) is 11.3. The van der Waals surface area contributed by atoms with Crippen molar-refractivity contribution in [2.75, 3.05) is 32.0 Å². The van der Waals surface area contributed by atoms with Crippen molar-refractivity contribution >= 4 is 32.4 Å². The molecule has 1 amide bonds. The number of sulfonamides is 1. The van der Waals surface area contributed by atoms with Crippen LogP contribution >= 0.6 is 0 Å². The van der Waals surface area contributed by atoms with Gasteiger partial charge < -0.3 is 21.5 Å². The summed E-state index contributed by atoms with van der Waals surface area (Å²) in [7, 11) is -3.83. The van der Waals surface area contributed by atoms with Crippen LogP contribution in [0, 0.1) is 5.92 Å². The molecule has 0 spiro atoms. The average Bonchev–Trinajstić information content (AvgIpc) is 2.92. The molecule has 0 fully saturated rings. The Morgan fingerprint density at radius 2 is 1.72 bits per heavy atom. The van der Waals surface area contributed by atoms with Crippen molar-refractivity contribution in [1.29, 1.82) is 0 Å². The van der Waals surface area contributed by atoms with Crippen molar-refractivity contribution in [1.82, 2.24) is 14.9 Å². The van der Waals surface area contributed by atoms with Crippen molar-refractivity contribution < 1.29 is 18.3 Å². The third-order valence-corrected chi connectivity index (χ3v) is 8.67. The molecule has 5 N–H and O–H groups in total. The van der Waals surface area contributed by atoms with Crippen LogP contribution in [-0.2, 0) is 21.2 Å². The Morgan fingerprint density at radius 1 is 1.03 bits per heavy atom. The number of nitrogens with zero attached hydrogens (tertiary/aromatic N) is 1. The van der Waals surface area contributed by atoms with Gasteiger partial charge in [-0.25, -0.2) is 8.42 Å². The van der Waals surface area contributed by atoms with Gasteiger partial charge in [-0.2, -0.15) is 4.31 Å². The second-order valence-corrected chi connectivity index (χ2v) is 12.2. The van der Waals surface area contributed by atoms with E-state index in [1.807, 2.05) is 39.0 Å². The zero-order valence-electron chi connectivity index (χ0n) is 23.1. The molecule has 0 aromatic heterocycles. The van der Waals surface area contributed by atoms with Crippen molar-refractivity contribution in [3.05, 3.63) is 72.3 Å². The zero-order valence-corrected chi connectivity index (χ0v) is 24.0. The van der Waals surface area contributed by atoms with Crippen LogP contribution in [0.4, 0.5) is 5.69 Å². The van der Waals surface area contributed by atoms with Gasteiger partial charge in [0.2, 0.25) is 15.9 Å².